The summed E-state index contributed by atoms with van der Waals surface area (Å²) in [6, 6.07) is 4.82. The number of thiophene rings is 1. The number of nitrogens with one attached hydrogen (secondary N) is 1. The third kappa shape index (κ3) is 3.89. The lowest BCUT2D eigenvalue weighted by Gasteiger charge is -2.26. The van der Waals surface area contributed by atoms with Crippen LogP contribution in [0, 0.1) is 5.92 Å². The molecule has 1 aliphatic rings. The minimum absolute atomic E-state index is 0.474. The van der Waals surface area contributed by atoms with Gasteiger partial charge in [-0.25, -0.2) is 0 Å². The van der Waals surface area contributed by atoms with Crippen molar-refractivity contribution in [1.29, 1.82) is 0 Å². The normalized spacial score (nSPS) is 25.8. The van der Waals surface area contributed by atoms with Crippen LogP contribution in [0.3, 0.4) is 0 Å². The lowest BCUT2D eigenvalue weighted by Crippen LogP contribution is -2.32. The molecule has 2 rings (SSSR count). The van der Waals surface area contributed by atoms with E-state index in [2.05, 4.69) is 22.8 Å². The second-order valence-corrected chi connectivity index (χ2v) is 5.85. The fourth-order valence-corrected chi connectivity index (χ4v) is 3.07. The van der Waals surface area contributed by atoms with Crippen molar-refractivity contribution in [2.75, 3.05) is 13.1 Å². The Morgan fingerprint density at radius 2 is 2.12 bits per heavy atom. The molecule has 1 aliphatic carbocycles. The zero-order valence-corrected chi connectivity index (χ0v) is 10.6. The second kappa shape index (κ2) is 6.38. The standard InChI is InChI=1S/C13H22N2S/c14-12-5-3-11(4-6-12)10-15-8-7-13-2-1-9-16-13/h1-2,9,11-12,15H,3-8,10,14H2. The molecule has 3 heteroatoms. The van der Waals surface area contributed by atoms with Crippen LogP contribution < -0.4 is 11.1 Å². The van der Waals surface area contributed by atoms with Crippen molar-refractivity contribution in [2.24, 2.45) is 11.7 Å². The van der Waals surface area contributed by atoms with Crippen LogP contribution in [0.25, 0.3) is 0 Å². The monoisotopic (exact) mass is 238 g/mol. The van der Waals surface area contributed by atoms with Crippen LogP contribution in [0.2, 0.25) is 0 Å². The smallest absolute Gasteiger partial charge is 0.00578 e. The minimum atomic E-state index is 0.474. The Kier molecular flexibility index (Phi) is 4.82. The van der Waals surface area contributed by atoms with E-state index in [0.29, 0.717) is 6.04 Å². The van der Waals surface area contributed by atoms with E-state index in [4.69, 9.17) is 5.73 Å². The molecule has 0 saturated heterocycles. The van der Waals surface area contributed by atoms with Crippen molar-refractivity contribution in [3.63, 3.8) is 0 Å². The van der Waals surface area contributed by atoms with Gasteiger partial charge in [-0.05, 0) is 62.6 Å². The van der Waals surface area contributed by atoms with Gasteiger partial charge in [-0.1, -0.05) is 6.07 Å². The SMILES string of the molecule is NC1CCC(CNCCc2cccs2)CC1. The van der Waals surface area contributed by atoms with E-state index in [1.807, 2.05) is 11.3 Å². The number of nitrogens with two attached hydrogens (primary N) is 1. The highest BCUT2D eigenvalue weighted by Crippen LogP contribution is 2.22. The Morgan fingerprint density at radius 1 is 1.31 bits per heavy atom. The molecule has 90 valence electrons. The van der Waals surface area contributed by atoms with Gasteiger partial charge in [0.25, 0.3) is 0 Å². The van der Waals surface area contributed by atoms with Crippen LogP contribution in [0.4, 0.5) is 0 Å². The number of rotatable bonds is 5. The topological polar surface area (TPSA) is 38.0 Å². The first kappa shape index (κ1) is 12.1. The Bertz CT molecular complexity index is 276. The van der Waals surface area contributed by atoms with Crippen molar-refractivity contribution in [2.45, 2.75) is 38.1 Å². The third-order valence-corrected chi connectivity index (χ3v) is 4.39. The molecule has 0 amide bonds. The maximum atomic E-state index is 5.90. The first-order valence-corrected chi connectivity index (χ1v) is 7.21. The zero-order chi connectivity index (χ0) is 11.2. The molecule has 0 unspecified atom stereocenters. The lowest BCUT2D eigenvalue weighted by molar-refractivity contribution is 0.315. The molecule has 0 aromatic carbocycles. The maximum absolute atomic E-state index is 5.90. The first-order chi connectivity index (χ1) is 7.84. The van der Waals surface area contributed by atoms with Crippen molar-refractivity contribution in [3.8, 4) is 0 Å². The summed E-state index contributed by atoms with van der Waals surface area (Å²) in [5.74, 6) is 0.864. The fourth-order valence-electron chi connectivity index (χ4n) is 2.36. The molecule has 16 heavy (non-hydrogen) atoms. The van der Waals surface area contributed by atoms with Crippen LogP contribution in [0.1, 0.15) is 30.6 Å². The fraction of sp³-hybridized carbons (Fsp3) is 0.692. The maximum Gasteiger partial charge on any atom is 0.00578 e. The average molecular weight is 238 g/mol. The summed E-state index contributed by atoms with van der Waals surface area (Å²) in [6.45, 7) is 2.29. The molecule has 1 fully saturated rings. The largest absolute Gasteiger partial charge is 0.328 e. The summed E-state index contributed by atoms with van der Waals surface area (Å²) in [6.07, 6.45) is 6.23. The van der Waals surface area contributed by atoms with Crippen LogP contribution in [-0.4, -0.2) is 19.1 Å². The molecule has 0 bridgehead atoms. The summed E-state index contributed by atoms with van der Waals surface area (Å²) in [7, 11) is 0. The Hall–Kier alpha value is -0.380. The summed E-state index contributed by atoms with van der Waals surface area (Å²) >= 11 is 1.85. The molecule has 0 radical (unpaired) electrons. The van der Waals surface area contributed by atoms with Gasteiger partial charge in [0.05, 0.1) is 0 Å². The summed E-state index contributed by atoms with van der Waals surface area (Å²) in [5.41, 5.74) is 5.90. The molecule has 1 saturated carbocycles. The minimum Gasteiger partial charge on any atom is -0.328 e. The Labute approximate surface area is 102 Å². The van der Waals surface area contributed by atoms with Gasteiger partial charge in [0, 0.05) is 10.9 Å². The Balaban J connectivity index is 1.55. The summed E-state index contributed by atoms with van der Waals surface area (Å²) < 4.78 is 0. The Morgan fingerprint density at radius 3 is 2.81 bits per heavy atom. The van der Waals surface area contributed by atoms with E-state index in [-0.39, 0.29) is 0 Å². The van der Waals surface area contributed by atoms with Gasteiger partial charge >= 0.3 is 0 Å². The van der Waals surface area contributed by atoms with E-state index in [0.717, 1.165) is 12.5 Å². The highest BCUT2D eigenvalue weighted by atomic mass is 32.1. The number of hydrogen-bond acceptors (Lipinski definition) is 3. The van der Waals surface area contributed by atoms with Gasteiger partial charge in [0.15, 0.2) is 0 Å². The van der Waals surface area contributed by atoms with Gasteiger partial charge in [-0.15, -0.1) is 11.3 Å². The van der Waals surface area contributed by atoms with Crippen LogP contribution in [0.5, 0.6) is 0 Å². The molecule has 1 aromatic heterocycles. The van der Waals surface area contributed by atoms with E-state index in [1.54, 1.807) is 0 Å². The molecule has 0 atom stereocenters. The molecule has 3 N–H and O–H groups in total. The summed E-state index contributed by atoms with van der Waals surface area (Å²) in [5, 5.41) is 5.72. The molecular weight excluding hydrogens is 216 g/mol. The van der Waals surface area contributed by atoms with Gasteiger partial charge in [0.1, 0.15) is 0 Å². The van der Waals surface area contributed by atoms with Crippen LogP contribution in [-0.2, 0) is 6.42 Å². The first-order valence-electron chi connectivity index (χ1n) is 6.33. The quantitative estimate of drug-likeness (QED) is 0.773. The van der Waals surface area contributed by atoms with Gasteiger partial charge < -0.3 is 11.1 Å². The van der Waals surface area contributed by atoms with E-state index < -0.39 is 0 Å². The van der Waals surface area contributed by atoms with E-state index >= 15 is 0 Å². The van der Waals surface area contributed by atoms with Gasteiger partial charge in [-0.3, -0.25) is 0 Å². The summed E-state index contributed by atoms with van der Waals surface area (Å²) in [4.78, 5) is 1.48. The molecule has 1 heterocycles. The van der Waals surface area contributed by atoms with E-state index in [1.165, 1.54) is 43.5 Å². The van der Waals surface area contributed by atoms with E-state index in [9.17, 15) is 0 Å². The van der Waals surface area contributed by atoms with Crippen molar-refractivity contribution in [1.82, 2.24) is 5.32 Å². The van der Waals surface area contributed by atoms with Crippen molar-refractivity contribution in [3.05, 3.63) is 22.4 Å². The van der Waals surface area contributed by atoms with Gasteiger partial charge in [-0.2, -0.15) is 0 Å². The highest BCUT2D eigenvalue weighted by Gasteiger charge is 2.17. The second-order valence-electron chi connectivity index (χ2n) is 4.81. The molecule has 1 aromatic rings. The predicted octanol–water partition coefficient (Wildman–Crippen LogP) is 2.40. The zero-order valence-electron chi connectivity index (χ0n) is 9.82. The molecule has 0 aliphatic heterocycles. The van der Waals surface area contributed by atoms with Crippen LogP contribution >= 0.6 is 11.3 Å². The lowest BCUT2D eigenvalue weighted by atomic mass is 9.86. The highest BCUT2D eigenvalue weighted by molar-refractivity contribution is 7.09. The van der Waals surface area contributed by atoms with Crippen molar-refractivity contribution < 1.29 is 0 Å². The molecule has 0 spiro atoms. The predicted molar refractivity (Wildman–Crippen MR) is 70.8 cm³/mol. The van der Waals surface area contributed by atoms with Crippen LogP contribution in [0.15, 0.2) is 17.5 Å². The number of hydrogen-bond donors (Lipinski definition) is 2. The molecular formula is C13H22N2S. The molecule has 2 nitrogen and oxygen atoms in total. The van der Waals surface area contributed by atoms with Gasteiger partial charge in [0.2, 0.25) is 0 Å². The third-order valence-electron chi connectivity index (χ3n) is 3.45. The average Bonchev–Trinajstić information content (AvgIpc) is 2.80. The van der Waals surface area contributed by atoms with Crippen molar-refractivity contribution >= 4 is 11.3 Å².